The zero-order valence-electron chi connectivity index (χ0n) is 12.8. The van der Waals surface area contributed by atoms with Crippen LogP contribution in [0.1, 0.15) is 45.6 Å². The van der Waals surface area contributed by atoms with Gasteiger partial charge in [0.15, 0.2) is 4.77 Å². The Morgan fingerprint density at radius 2 is 2.19 bits per heavy atom. The fourth-order valence-corrected chi connectivity index (χ4v) is 3.23. The van der Waals surface area contributed by atoms with Gasteiger partial charge in [-0.15, -0.1) is 0 Å². The normalized spacial score (nSPS) is 26.3. The van der Waals surface area contributed by atoms with E-state index in [0.717, 1.165) is 12.8 Å². The Kier molecular flexibility index (Phi) is 4.98. The van der Waals surface area contributed by atoms with Crippen molar-refractivity contribution in [1.29, 1.82) is 0 Å². The molecule has 0 saturated heterocycles. The first-order chi connectivity index (χ1) is 9.95. The van der Waals surface area contributed by atoms with E-state index in [1.807, 2.05) is 6.92 Å². The fourth-order valence-electron chi connectivity index (χ4n) is 2.92. The van der Waals surface area contributed by atoms with E-state index in [0.29, 0.717) is 18.4 Å². The summed E-state index contributed by atoms with van der Waals surface area (Å²) >= 11 is 5.03. The average molecular weight is 309 g/mol. The second-order valence-corrected chi connectivity index (χ2v) is 6.24. The quantitative estimate of drug-likeness (QED) is 0.666. The van der Waals surface area contributed by atoms with E-state index < -0.39 is 0 Å². The highest BCUT2D eigenvalue weighted by molar-refractivity contribution is 7.71. The van der Waals surface area contributed by atoms with E-state index in [9.17, 15) is 9.90 Å². The summed E-state index contributed by atoms with van der Waals surface area (Å²) in [6.07, 6.45) is 4.94. The van der Waals surface area contributed by atoms with Gasteiger partial charge < -0.3 is 5.11 Å². The van der Waals surface area contributed by atoms with Gasteiger partial charge in [0.05, 0.1) is 6.04 Å². The molecule has 1 heterocycles. The van der Waals surface area contributed by atoms with Gasteiger partial charge in [0.2, 0.25) is 5.88 Å². The lowest BCUT2D eigenvalue weighted by Gasteiger charge is -2.31. The number of hydrogen-bond donors (Lipinski definition) is 2. The van der Waals surface area contributed by atoms with Crippen LogP contribution in [-0.2, 0) is 6.54 Å². The Morgan fingerprint density at radius 3 is 2.86 bits per heavy atom. The lowest BCUT2D eigenvalue weighted by molar-refractivity contribution is 0.242. The zero-order valence-corrected chi connectivity index (χ0v) is 13.6. The van der Waals surface area contributed by atoms with E-state index in [-0.39, 0.29) is 27.8 Å². The Bertz CT molecular complexity index is 647. The number of hydrogen-bond acceptors (Lipinski definition) is 4. The van der Waals surface area contributed by atoms with Crippen molar-refractivity contribution in [2.45, 2.75) is 52.6 Å². The second kappa shape index (κ2) is 6.56. The maximum atomic E-state index is 12.0. The largest absolute Gasteiger partial charge is 0.494 e. The van der Waals surface area contributed by atoms with Gasteiger partial charge in [0, 0.05) is 12.8 Å². The molecule has 0 amide bonds. The van der Waals surface area contributed by atoms with Crippen LogP contribution < -0.4 is 5.56 Å². The van der Waals surface area contributed by atoms with Crippen molar-refractivity contribution in [1.82, 2.24) is 9.55 Å². The van der Waals surface area contributed by atoms with Crippen LogP contribution in [0.4, 0.5) is 0 Å². The summed E-state index contributed by atoms with van der Waals surface area (Å²) in [5.41, 5.74) is -0.196. The molecule has 0 bridgehead atoms. The molecule has 0 aliphatic heterocycles. The first-order valence-electron chi connectivity index (χ1n) is 7.55. The van der Waals surface area contributed by atoms with Gasteiger partial charge in [0.1, 0.15) is 5.56 Å². The average Bonchev–Trinajstić information content (AvgIpc) is 2.43. The predicted octanol–water partition coefficient (Wildman–Crippen LogP) is 2.87. The highest BCUT2D eigenvalue weighted by Crippen LogP contribution is 2.31. The molecule has 3 atom stereocenters. The number of aromatic nitrogens is 2. The second-order valence-electron chi connectivity index (χ2n) is 5.85. The van der Waals surface area contributed by atoms with E-state index >= 15 is 0 Å². The molecule has 0 radical (unpaired) electrons. The van der Waals surface area contributed by atoms with Crippen LogP contribution in [0.15, 0.2) is 9.79 Å². The maximum absolute atomic E-state index is 12.0. The minimum atomic E-state index is -0.387. The number of H-pyrrole nitrogens is 1. The molecule has 116 valence electrons. The number of nitrogens with zero attached hydrogens (tertiary/aromatic N) is 2. The van der Waals surface area contributed by atoms with E-state index in [4.69, 9.17) is 12.2 Å². The van der Waals surface area contributed by atoms with Crippen LogP contribution in [0, 0.1) is 16.6 Å². The molecule has 1 saturated carbocycles. The lowest BCUT2D eigenvalue weighted by atomic mass is 9.78. The number of rotatable bonds is 3. The molecule has 1 fully saturated rings. The Labute approximate surface area is 129 Å². The van der Waals surface area contributed by atoms with E-state index in [1.54, 1.807) is 0 Å². The minimum Gasteiger partial charge on any atom is -0.494 e. The third-order valence-electron chi connectivity index (χ3n) is 4.58. The molecule has 1 aliphatic rings. The molecule has 1 aromatic rings. The van der Waals surface area contributed by atoms with Gasteiger partial charge in [-0.2, -0.15) is 0 Å². The van der Waals surface area contributed by atoms with Gasteiger partial charge >= 0.3 is 0 Å². The topological polar surface area (TPSA) is 70.4 Å². The van der Waals surface area contributed by atoms with Crippen molar-refractivity contribution < 1.29 is 5.11 Å². The molecular weight excluding hydrogens is 286 g/mol. The maximum Gasteiger partial charge on any atom is 0.264 e. The van der Waals surface area contributed by atoms with E-state index in [1.165, 1.54) is 17.2 Å². The molecular formula is C15H23N3O2S. The van der Waals surface area contributed by atoms with Crippen molar-refractivity contribution in [3.05, 3.63) is 20.7 Å². The van der Waals surface area contributed by atoms with Gasteiger partial charge in [-0.05, 0) is 37.4 Å². The number of aromatic amines is 1. The Hall–Kier alpha value is -1.43. The van der Waals surface area contributed by atoms with Gasteiger partial charge in [-0.25, -0.2) is 0 Å². The van der Waals surface area contributed by atoms with Crippen molar-refractivity contribution in [3.8, 4) is 5.88 Å². The summed E-state index contributed by atoms with van der Waals surface area (Å²) in [6.45, 7) is 6.81. The molecule has 0 aromatic carbocycles. The van der Waals surface area contributed by atoms with Gasteiger partial charge in [-0.1, -0.05) is 26.7 Å². The first kappa shape index (κ1) is 15.9. The van der Waals surface area contributed by atoms with Gasteiger partial charge in [-0.3, -0.25) is 19.3 Å². The highest BCUT2D eigenvalue weighted by atomic mass is 32.1. The molecule has 2 rings (SSSR count). The molecule has 2 N–H and O–H groups in total. The van der Waals surface area contributed by atoms with Crippen LogP contribution in [0.5, 0.6) is 5.88 Å². The van der Waals surface area contributed by atoms with E-state index in [2.05, 4.69) is 23.8 Å². The smallest absolute Gasteiger partial charge is 0.264 e. The first-order valence-corrected chi connectivity index (χ1v) is 7.95. The van der Waals surface area contributed by atoms with Crippen molar-refractivity contribution in [3.63, 3.8) is 0 Å². The lowest BCUT2D eigenvalue weighted by Crippen LogP contribution is -2.28. The molecule has 3 unspecified atom stereocenters. The summed E-state index contributed by atoms with van der Waals surface area (Å²) in [5.74, 6) is 1.03. The SMILES string of the molecule is CCn1c(O)c(C=NC2CCCC(C)C2C)c(=O)[nH]c1=S. The molecule has 1 aliphatic carbocycles. The third kappa shape index (κ3) is 3.26. The third-order valence-corrected chi connectivity index (χ3v) is 4.90. The predicted molar refractivity (Wildman–Crippen MR) is 86.8 cm³/mol. The zero-order chi connectivity index (χ0) is 15.6. The van der Waals surface area contributed by atoms with Crippen LogP contribution in [0.25, 0.3) is 0 Å². The van der Waals surface area contributed by atoms with Crippen LogP contribution in [-0.4, -0.2) is 26.9 Å². The van der Waals surface area contributed by atoms with Crippen molar-refractivity contribution in [2.24, 2.45) is 16.8 Å². The summed E-state index contributed by atoms with van der Waals surface area (Å²) in [5, 5.41) is 10.2. The molecule has 5 nitrogen and oxygen atoms in total. The van der Waals surface area contributed by atoms with Crippen LogP contribution in [0.3, 0.4) is 0 Å². The van der Waals surface area contributed by atoms with Crippen molar-refractivity contribution >= 4 is 18.4 Å². The van der Waals surface area contributed by atoms with Crippen LogP contribution in [0.2, 0.25) is 0 Å². The molecule has 0 spiro atoms. The number of nitrogens with one attached hydrogen (secondary N) is 1. The molecule has 21 heavy (non-hydrogen) atoms. The summed E-state index contributed by atoms with van der Waals surface area (Å²) < 4.78 is 1.72. The standard InChI is InChI=1S/C15H23N3O2S/c1-4-18-14(20)11(13(19)17-15(18)21)8-16-12-7-5-6-9(2)10(12)3/h8-10,12,20H,4-7H2,1-3H3,(H,17,19,21). The monoisotopic (exact) mass is 309 g/mol. The fraction of sp³-hybridized carbons (Fsp3) is 0.667. The summed E-state index contributed by atoms with van der Waals surface area (Å²) in [6, 6.07) is 0.214. The minimum absolute atomic E-state index is 0.105. The van der Waals surface area contributed by atoms with Crippen molar-refractivity contribution in [2.75, 3.05) is 0 Å². The van der Waals surface area contributed by atoms with Gasteiger partial charge in [0.25, 0.3) is 5.56 Å². The Morgan fingerprint density at radius 1 is 1.48 bits per heavy atom. The van der Waals surface area contributed by atoms with Crippen LogP contribution >= 0.6 is 12.2 Å². The summed E-state index contributed by atoms with van der Waals surface area (Å²) in [7, 11) is 0. The molecule has 6 heteroatoms. The molecule has 1 aromatic heterocycles. The Balaban J connectivity index is 2.33. The highest BCUT2D eigenvalue weighted by Gasteiger charge is 2.26. The number of aliphatic imine (C=N–C) groups is 1. The number of aromatic hydroxyl groups is 1. The summed E-state index contributed by atoms with van der Waals surface area (Å²) in [4.78, 5) is 19.1.